The second-order valence-electron chi connectivity index (χ2n) is 14.0. The van der Waals surface area contributed by atoms with Crippen LogP contribution in [0.15, 0.2) is 199 Å². The topological polar surface area (TPSA) is 55.1 Å². The van der Waals surface area contributed by atoms with E-state index in [1.54, 1.807) is 0 Å². The molecule has 0 atom stereocenters. The number of hydrogen-bond donors (Lipinski definition) is 0. The van der Waals surface area contributed by atoms with Gasteiger partial charge in [-0.3, -0.25) is 0 Å². The van der Waals surface area contributed by atoms with Crippen LogP contribution in [0.1, 0.15) is 0 Å². The van der Waals surface area contributed by atoms with Crippen LogP contribution in [0, 0.1) is 0 Å². The van der Waals surface area contributed by atoms with E-state index < -0.39 is 0 Å². The lowest BCUT2D eigenvalue weighted by Gasteiger charge is -2.26. The van der Waals surface area contributed by atoms with Gasteiger partial charge in [-0.25, -0.2) is 15.0 Å². The third kappa shape index (κ3) is 5.82. The van der Waals surface area contributed by atoms with Gasteiger partial charge >= 0.3 is 0 Å². The van der Waals surface area contributed by atoms with Gasteiger partial charge in [0.1, 0.15) is 11.2 Å². The third-order valence-electron chi connectivity index (χ3n) is 10.5. The van der Waals surface area contributed by atoms with Crippen LogP contribution < -0.4 is 4.90 Å². The highest BCUT2D eigenvalue weighted by Crippen LogP contribution is 2.45. The van der Waals surface area contributed by atoms with Crippen molar-refractivity contribution in [2.24, 2.45) is 0 Å². The van der Waals surface area contributed by atoms with Crippen LogP contribution in [0.2, 0.25) is 0 Å². The Morgan fingerprint density at radius 3 is 1.70 bits per heavy atom. The molecular weight excluding hydrogens is 717 g/mol. The molecule has 0 aliphatic heterocycles. The maximum atomic E-state index is 6.57. The lowest BCUT2D eigenvalue weighted by Crippen LogP contribution is -2.09. The SMILES string of the molecule is c1ccc(-c2nc(-c3ccccc3)nc(-c3cc(-c4ccc(N(c5ccccc5)c5cccc6c5sc5ccccc56)cc4)cc4oc5ccccc5c34)n2)cc1. The quantitative estimate of drug-likeness (QED) is 0.162. The summed E-state index contributed by atoms with van der Waals surface area (Å²) < 4.78 is 9.11. The Morgan fingerprint density at radius 1 is 0.404 bits per heavy atom. The Hall–Kier alpha value is -7.41. The van der Waals surface area contributed by atoms with Crippen molar-refractivity contribution >= 4 is 70.5 Å². The van der Waals surface area contributed by atoms with Gasteiger partial charge in [-0.05, 0) is 65.7 Å². The molecule has 0 radical (unpaired) electrons. The highest BCUT2D eigenvalue weighted by molar-refractivity contribution is 7.26. The van der Waals surface area contributed by atoms with Crippen molar-refractivity contribution in [3.63, 3.8) is 0 Å². The minimum Gasteiger partial charge on any atom is -0.456 e. The lowest BCUT2D eigenvalue weighted by molar-refractivity contribution is 0.669. The molecule has 8 aromatic carbocycles. The fourth-order valence-corrected chi connectivity index (χ4v) is 9.05. The van der Waals surface area contributed by atoms with Crippen molar-refractivity contribution in [2.45, 2.75) is 0 Å². The monoisotopic (exact) mass is 748 g/mol. The van der Waals surface area contributed by atoms with Gasteiger partial charge in [-0.1, -0.05) is 140 Å². The Labute approximate surface area is 332 Å². The first-order valence-electron chi connectivity index (χ1n) is 18.9. The Morgan fingerprint density at radius 2 is 0.982 bits per heavy atom. The molecule has 6 heteroatoms. The molecule has 11 rings (SSSR count). The summed E-state index contributed by atoms with van der Waals surface area (Å²) in [6, 6.07) is 67.4. The predicted molar refractivity (Wildman–Crippen MR) is 236 cm³/mol. The van der Waals surface area contributed by atoms with E-state index in [-0.39, 0.29) is 0 Å². The number of nitrogens with zero attached hydrogens (tertiary/aromatic N) is 4. The van der Waals surface area contributed by atoms with Crippen molar-refractivity contribution in [2.75, 3.05) is 4.90 Å². The van der Waals surface area contributed by atoms with Gasteiger partial charge in [0.15, 0.2) is 17.5 Å². The molecule has 0 unspecified atom stereocenters. The highest BCUT2D eigenvalue weighted by Gasteiger charge is 2.21. The minimum atomic E-state index is 0.587. The average Bonchev–Trinajstić information content (AvgIpc) is 3.86. The second kappa shape index (κ2) is 13.7. The first-order chi connectivity index (χ1) is 28.2. The van der Waals surface area contributed by atoms with Gasteiger partial charge < -0.3 is 9.32 Å². The molecule has 268 valence electrons. The van der Waals surface area contributed by atoms with Gasteiger partial charge in [0.05, 0.1) is 10.4 Å². The number of furan rings is 1. The van der Waals surface area contributed by atoms with Gasteiger partial charge in [0, 0.05) is 54.3 Å². The zero-order chi connectivity index (χ0) is 37.7. The standard InChI is InChI=1S/C51H32N4OS/c1-4-15-34(16-5-1)49-52-50(35-17-6-2-7-18-35)54-51(53-49)42-31-36(32-45-47(42)41-22-10-12-25-44(41)56-45)33-27-29-38(30-28-33)55(37-19-8-3-9-20-37)43-24-14-23-40-39-21-11-13-26-46(39)57-48(40)43/h1-32H. The summed E-state index contributed by atoms with van der Waals surface area (Å²) in [6.07, 6.45) is 0. The Kier molecular flexibility index (Phi) is 7.93. The number of para-hydroxylation sites is 2. The lowest BCUT2D eigenvalue weighted by atomic mass is 9.97. The smallest absolute Gasteiger partial charge is 0.164 e. The number of thiophene rings is 1. The van der Waals surface area contributed by atoms with Crippen LogP contribution in [-0.2, 0) is 0 Å². The first-order valence-corrected chi connectivity index (χ1v) is 19.8. The number of hydrogen-bond acceptors (Lipinski definition) is 6. The van der Waals surface area contributed by atoms with Crippen molar-refractivity contribution in [3.8, 4) is 45.3 Å². The van der Waals surface area contributed by atoms with Gasteiger partial charge in [-0.15, -0.1) is 11.3 Å². The Bertz CT molecular complexity index is 3170. The molecule has 0 aliphatic carbocycles. The molecular formula is C51H32N4OS. The predicted octanol–water partition coefficient (Wildman–Crippen LogP) is 14.3. The van der Waals surface area contributed by atoms with E-state index in [2.05, 4.69) is 120 Å². The van der Waals surface area contributed by atoms with E-state index in [9.17, 15) is 0 Å². The van der Waals surface area contributed by atoms with Crippen molar-refractivity contribution in [1.82, 2.24) is 15.0 Å². The second-order valence-corrected chi connectivity index (χ2v) is 15.1. The van der Waals surface area contributed by atoms with Gasteiger partial charge in [-0.2, -0.15) is 0 Å². The van der Waals surface area contributed by atoms with Crippen molar-refractivity contribution in [1.29, 1.82) is 0 Å². The molecule has 0 N–H and O–H groups in total. The van der Waals surface area contributed by atoms with Crippen molar-refractivity contribution < 1.29 is 4.42 Å². The van der Waals surface area contributed by atoms with Gasteiger partial charge in [0.25, 0.3) is 0 Å². The molecule has 3 heterocycles. The minimum absolute atomic E-state index is 0.587. The van der Waals surface area contributed by atoms with Crippen molar-refractivity contribution in [3.05, 3.63) is 194 Å². The van der Waals surface area contributed by atoms with E-state index in [0.29, 0.717) is 17.5 Å². The molecule has 0 fully saturated rings. The molecule has 0 amide bonds. The molecule has 57 heavy (non-hydrogen) atoms. The van der Waals surface area contributed by atoms with Crippen LogP contribution in [0.5, 0.6) is 0 Å². The van der Waals surface area contributed by atoms with Gasteiger partial charge in [0.2, 0.25) is 0 Å². The number of benzene rings is 8. The first kappa shape index (κ1) is 33.0. The summed E-state index contributed by atoms with van der Waals surface area (Å²) in [4.78, 5) is 17.6. The maximum absolute atomic E-state index is 6.57. The normalized spacial score (nSPS) is 11.5. The van der Waals surface area contributed by atoms with Crippen LogP contribution in [0.4, 0.5) is 17.1 Å². The molecule has 11 aromatic rings. The molecule has 0 saturated carbocycles. The average molecular weight is 749 g/mol. The molecule has 0 spiro atoms. The summed E-state index contributed by atoms with van der Waals surface area (Å²) in [6.45, 7) is 0. The Balaban J connectivity index is 1.08. The summed E-state index contributed by atoms with van der Waals surface area (Å²) in [5, 5.41) is 4.54. The molecule has 5 nitrogen and oxygen atoms in total. The number of aromatic nitrogens is 3. The number of anilines is 3. The summed E-state index contributed by atoms with van der Waals surface area (Å²) in [7, 11) is 0. The third-order valence-corrected chi connectivity index (χ3v) is 11.7. The number of rotatable bonds is 7. The fraction of sp³-hybridized carbons (Fsp3) is 0. The number of fused-ring (bicyclic) bond motifs is 6. The molecule has 3 aromatic heterocycles. The molecule has 0 aliphatic rings. The van der Waals surface area contributed by atoms with Crippen LogP contribution in [0.25, 0.3) is 87.4 Å². The van der Waals surface area contributed by atoms with Crippen LogP contribution >= 0.6 is 11.3 Å². The summed E-state index contributed by atoms with van der Waals surface area (Å²) >= 11 is 1.84. The molecule has 0 bridgehead atoms. The largest absolute Gasteiger partial charge is 0.456 e. The van der Waals surface area contributed by atoms with E-state index in [1.165, 1.54) is 20.2 Å². The fourth-order valence-electron chi connectivity index (χ4n) is 7.84. The van der Waals surface area contributed by atoms with E-state index in [1.807, 2.05) is 90.2 Å². The van der Waals surface area contributed by atoms with Crippen LogP contribution in [-0.4, -0.2) is 15.0 Å². The zero-order valence-corrected chi connectivity index (χ0v) is 31.4. The van der Waals surface area contributed by atoms with Crippen LogP contribution in [0.3, 0.4) is 0 Å². The van der Waals surface area contributed by atoms with E-state index >= 15 is 0 Å². The van der Waals surface area contributed by atoms with E-state index in [0.717, 1.165) is 66.8 Å². The van der Waals surface area contributed by atoms with E-state index in [4.69, 9.17) is 19.4 Å². The molecule has 0 saturated heterocycles. The summed E-state index contributed by atoms with van der Waals surface area (Å²) in [5.41, 5.74) is 9.69. The zero-order valence-electron chi connectivity index (χ0n) is 30.6. The maximum Gasteiger partial charge on any atom is 0.164 e. The summed E-state index contributed by atoms with van der Waals surface area (Å²) in [5.74, 6) is 1.82. The highest BCUT2D eigenvalue weighted by atomic mass is 32.1.